The van der Waals surface area contributed by atoms with Gasteiger partial charge < -0.3 is 5.73 Å². The van der Waals surface area contributed by atoms with E-state index in [1.165, 1.54) is 15.3 Å². The van der Waals surface area contributed by atoms with E-state index in [1.54, 1.807) is 11.3 Å². The van der Waals surface area contributed by atoms with Crippen molar-refractivity contribution >= 4 is 34.3 Å². The number of rotatable bonds is 4. The molecule has 2 aromatic heterocycles. The molecular formula is C15H19ClN2S2. The fourth-order valence-electron chi connectivity index (χ4n) is 2.88. The molecule has 108 valence electrons. The van der Waals surface area contributed by atoms with Crippen LogP contribution in [0.4, 0.5) is 0 Å². The minimum Gasteiger partial charge on any atom is -0.326 e. The predicted molar refractivity (Wildman–Crippen MR) is 88.8 cm³/mol. The van der Waals surface area contributed by atoms with E-state index in [9.17, 15) is 0 Å². The van der Waals surface area contributed by atoms with Crippen LogP contribution in [0.5, 0.6) is 0 Å². The number of nitrogens with zero attached hydrogens (tertiary/aromatic N) is 1. The summed E-state index contributed by atoms with van der Waals surface area (Å²) in [6, 6.07) is 6.81. The number of thiophene rings is 2. The van der Waals surface area contributed by atoms with Gasteiger partial charge in [-0.15, -0.1) is 22.7 Å². The number of hydrogen-bond donors (Lipinski definition) is 1. The molecular weight excluding hydrogens is 308 g/mol. The third kappa shape index (κ3) is 2.81. The predicted octanol–water partition coefficient (Wildman–Crippen LogP) is 4.30. The average molecular weight is 327 g/mol. The lowest BCUT2D eigenvalue weighted by molar-refractivity contribution is 0.157. The highest BCUT2D eigenvalue weighted by Crippen LogP contribution is 2.36. The van der Waals surface area contributed by atoms with Crippen molar-refractivity contribution in [1.82, 2.24) is 4.90 Å². The van der Waals surface area contributed by atoms with Crippen molar-refractivity contribution in [3.05, 3.63) is 43.2 Å². The van der Waals surface area contributed by atoms with Crippen LogP contribution in [0.3, 0.4) is 0 Å². The van der Waals surface area contributed by atoms with Crippen LogP contribution in [-0.2, 0) is 13.0 Å². The molecule has 2 nitrogen and oxygen atoms in total. The van der Waals surface area contributed by atoms with Crippen molar-refractivity contribution in [2.45, 2.75) is 38.4 Å². The van der Waals surface area contributed by atoms with Crippen molar-refractivity contribution in [1.29, 1.82) is 0 Å². The second-order valence-electron chi connectivity index (χ2n) is 5.25. The normalized spacial score (nSPS) is 18.8. The quantitative estimate of drug-likeness (QED) is 0.907. The van der Waals surface area contributed by atoms with Crippen LogP contribution < -0.4 is 5.73 Å². The van der Waals surface area contributed by atoms with Crippen LogP contribution in [0.1, 0.15) is 34.7 Å². The molecule has 0 fully saturated rings. The van der Waals surface area contributed by atoms with Crippen molar-refractivity contribution in [3.8, 4) is 0 Å². The highest BCUT2D eigenvalue weighted by molar-refractivity contribution is 7.16. The molecule has 1 aliphatic rings. The largest absolute Gasteiger partial charge is 0.326 e. The van der Waals surface area contributed by atoms with Crippen molar-refractivity contribution < 1.29 is 0 Å². The summed E-state index contributed by atoms with van der Waals surface area (Å²) in [7, 11) is 0. The van der Waals surface area contributed by atoms with Gasteiger partial charge in [-0.2, -0.15) is 0 Å². The number of halogens is 1. The van der Waals surface area contributed by atoms with Gasteiger partial charge in [-0.3, -0.25) is 4.90 Å². The van der Waals surface area contributed by atoms with E-state index in [4.69, 9.17) is 17.3 Å². The summed E-state index contributed by atoms with van der Waals surface area (Å²) < 4.78 is 0.849. The Labute approximate surface area is 133 Å². The molecule has 0 spiro atoms. The molecule has 5 heteroatoms. The van der Waals surface area contributed by atoms with Gasteiger partial charge in [0.05, 0.1) is 10.4 Å². The van der Waals surface area contributed by atoms with E-state index in [-0.39, 0.29) is 12.1 Å². The van der Waals surface area contributed by atoms with E-state index in [1.807, 2.05) is 17.4 Å². The zero-order valence-corrected chi connectivity index (χ0v) is 13.9. The van der Waals surface area contributed by atoms with Crippen LogP contribution in [0.25, 0.3) is 0 Å². The maximum absolute atomic E-state index is 6.41. The molecule has 2 N–H and O–H groups in total. The van der Waals surface area contributed by atoms with Crippen molar-refractivity contribution in [3.63, 3.8) is 0 Å². The fraction of sp³-hybridized carbons (Fsp3) is 0.467. The standard InChI is InChI=1S/C15H19ClN2S2/c1-2-11(17)15(13-3-4-14(16)20-13)18-7-5-12-10(9-18)6-8-19-12/h3-4,6,8,11,15H,2,5,7,9,17H2,1H3. The molecule has 0 saturated carbocycles. The van der Waals surface area contributed by atoms with Crippen molar-refractivity contribution in [2.24, 2.45) is 5.73 Å². The molecule has 0 saturated heterocycles. The molecule has 0 aliphatic carbocycles. The Bertz CT molecular complexity index is 578. The van der Waals surface area contributed by atoms with Gasteiger partial charge in [0.25, 0.3) is 0 Å². The summed E-state index contributed by atoms with van der Waals surface area (Å²) in [5.41, 5.74) is 7.88. The van der Waals surface area contributed by atoms with Crippen LogP contribution >= 0.6 is 34.3 Å². The van der Waals surface area contributed by atoms with Crippen LogP contribution in [0.15, 0.2) is 23.6 Å². The molecule has 3 rings (SSSR count). The van der Waals surface area contributed by atoms with Gasteiger partial charge in [0, 0.05) is 28.9 Å². The third-order valence-corrected chi connectivity index (χ3v) is 6.32. The van der Waals surface area contributed by atoms with Gasteiger partial charge in [-0.05, 0) is 42.0 Å². The topological polar surface area (TPSA) is 29.3 Å². The molecule has 20 heavy (non-hydrogen) atoms. The smallest absolute Gasteiger partial charge is 0.0931 e. The summed E-state index contributed by atoms with van der Waals surface area (Å²) in [6.07, 6.45) is 2.12. The Morgan fingerprint density at radius 3 is 2.95 bits per heavy atom. The van der Waals surface area contributed by atoms with Crippen LogP contribution in [0, 0.1) is 0 Å². The highest BCUT2D eigenvalue weighted by atomic mass is 35.5. The van der Waals surface area contributed by atoms with E-state index < -0.39 is 0 Å². The van der Waals surface area contributed by atoms with Crippen molar-refractivity contribution in [2.75, 3.05) is 6.54 Å². The van der Waals surface area contributed by atoms with Gasteiger partial charge in [0.15, 0.2) is 0 Å². The minimum absolute atomic E-state index is 0.157. The summed E-state index contributed by atoms with van der Waals surface area (Å²) in [4.78, 5) is 5.35. The lowest BCUT2D eigenvalue weighted by atomic mass is 9.99. The van der Waals surface area contributed by atoms with E-state index >= 15 is 0 Å². The van der Waals surface area contributed by atoms with Gasteiger partial charge in [-0.25, -0.2) is 0 Å². The maximum atomic E-state index is 6.41. The summed E-state index contributed by atoms with van der Waals surface area (Å²) >= 11 is 9.66. The molecule has 1 aliphatic heterocycles. The van der Waals surface area contributed by atoms with E-state index in [0.29, 0.717) is 0 Å². The third-order valence-electron chi connectivity index (χ3n) is 3.99. The molecule has 0 aromatic carbocycles. The van der Waals surface area contributed by atoms with E-state index in [2.05, 4.69) is 29.3 Å². The molecule has 0 amide bonds. The lowest BCUT2D eigenvalue weighted by Gasteiger charge is -2.37. The Morgan fingerprint density at radius 1 is 1.40 bits per heavy atom. The number of fused-ring (bicyclic) bond motifs is 1. The number of nitrogens with two attached hydrogens (primary N) is 1. The Balaban J connectivity index is 1.87. The first-order chi connectivity index (χ1) is 9.69. The molecule has 0 bridgehead atoms. The summed E-state index contributed by atoms with van der Waals surface area (Å²) in [5, 5.41) is 2.20. The second kappa shape index (κ2) is 6.16. The molecule has 2 atom stereocenters. The zero-order valence-electron chi connectivity index (χ0n) is 11.5. The SMILES string of the molecule is CCC(N)C(c1ccc(Cl)s1)N1CCc2sccc2C1. The first-order valence-corrected chi connectivity index (χ1v) is 9.06. The number of hydrogen-bond acceptors (Lipinski definition) is 4. The van der Waals surface area contributed by atoms with Crippen LogP contribution in [0.2, 0.25) is 4.34 Å². The summed E-state index contributed by atoms with van der Waals surface area (Å²) in [5.74, 6) is 0. The van der Waals surface area contributed by atoms with Gasteiger partial charge in [0.1, 0.15) is 0 Å². The Hall–Kier alpha value is -0.390. The first kappa shape index (κ1) is 14.5. The highest BCUT2D eigenvalue weighted by Gasteiger charge is 2.30. The van der Waals surface area contributed by atoms with E-state index in [0.717, 1.165) is 30.3 Å². The van der Waals surface area contributed by atoms with Gasteiger partial charge in [-0.1, -0.05) is 18.5 Å². The van der Waals surface area contributed by atoms with Crippen LogP contribution in [-0.4, -0.2) is 17.5 Å². The summed E-state index contributed by atoms with van der Waals surface area (Å²) in [6.45, 7) is 4.25. The zero-order chi connectivity index (χ0) is 14.1. The average Bonchev–Trinajstić information content (AvgIpc) is 3.07. The lowest BCUT2D eigenvalue weighted by Crippen LogP contribution is -2.42. The molecule has 2 unspecified atom stereocenters. The molecule has 2 aromatic rings. The second-order valence-corrected chi connectivity index (χ2v) is 8.00. The maximum Gasteiger partial charge on any atom is 0.0931 e. The fourth-order valence-corrected chi connectivity index (χ4v) is 5.04. The Morgan fingerprint density at radius 2 is 2.25 bits per heavy atom. The van der Waals surface area contributed by atoms with Gasteiger partial charge >= 0.3 is 0 Å². The molecule has 3 heterocycles. The van der Waals surface area contributed by atoms with Gasteiger partial charge in [0.2, 0.25) is 0 Å². The Kier molecular flexibility index (Phi) is 4.48. The minimum atomic E-state index is 0.157. The first-order valence-electron chi connectivity index (χ1n) is 6.99. The monoisotopic (exact) mass is 326 g/mol. The molecule has 0 radical (unpaired) electrons.